The second-order valence-corrected chi connectivity index (χ2v) is 4.03. The quantitative estimate of drug-likeness (QED) is 0.667. The Morgan fingerprint density at radius 1 is 1.07 bits per heavy atom. The lowest BCUT2D eigenvalue weighted by Crippen LogP contribution is -1.83. The SMILES string of the molecule is Cc1csc(-c2ccc(F)c(F)c2)c1. The Balaban J connectivity index is 2.47. The van der Waals surface area contributed by atoms with Gasteiger partial charge in [-0.1, -0.05) is 6.07 Å². The van der Waals surface area contributed by atoms with Gasteiger partial charge in [0.25, 0.3) is 0 Å². The molecule has 0 saturated carbocycles. The topological polar surface area (TPSA) is 0 Å². The molecular weight excluding hydrogens is 202 g/mol. The van der Waals surface area contributed by atoms with Gasteiger partial charge in [-0.2, -0.15) is 0 Å². The summed E-state index contributed by atoms with van der Waals surface area (Å²) in [5.74, 6) is -1.60. The summed E-state index contributed by atoms with van der Waals surface area (Å²) in [7, 11) is 0. The summed E-state index contributed by atoms with van der Waals surface area (Å²) in [5.41, 5.74) is 1.86. The molecule has 0 N–H and O–H groups in total. The third-order valence-corrected chi connectivity index (χ3v) is 3.03. The average molecular weight is 210 g/mol. The minimum absolute atomic E-state index is 0.724. The van der Waals surface area contributed by atoms with Crippen molar-refractivity contribution in [2.24, 2.45) is 0 Å². The number of hydrogen-bond acceptors (Lipinski definition) is 1. The Kier molecular flexibility index (Phi) is 2.33. The minimum atomic E-state index is -0.804. The van der Waals surface area contributed by atoms with E-state index in [4.69, 9.17) is 0 Å². The van der Waals surface area contributed by atoms with Crippen LogP contribution in [0, 0.1) is 18.6 Å². The van der Waals surface area contributed by atoms with Gasteiger partial charge in [0.2, 0.25) is 0 Å². The first kappa shape index (κ1) is 9.34. The lowest BCUT2D eigenvalue weighted by molar-refractivity contribution is 0.509. The maximum absolute atomic E-state index is 12.9. The minimum Gasteiger partial charge on any atom is -0.204 e. The highest BCUT2D eigenvalue weighted by molar-refractivity contribution is 7.13. The molecule has 0 amide bonds. The highest BCUT2D eigenvalue weighted by Gasteiger charge is 2.05. The van der Waals surface area contributed by atoms with E-state index in [2.05, 4.69) is 0 Å². The van der Waals surface area contributed by atoms with E-state index in [1.807, 2.05) is 18.4 Å². The highest BCUT2D eigenvalue weighted by atomic mass is 32.1. The molecule has 1 aromatic heterocycles. The van der Waals surface area contributed by atoms with Crippen LogP contribution in [0.4, 0.5) is 8.78 Å². The summed E-state index contributed by atoms with van der Waals surface area (Å²) in [5, 5.41) is 1.98. The molecule has 0 aliphatic carbocycles. The maximum atomic E-state index is 12.9. The van der Waals surface area contributed by atoms with E-state index in [1.165, 1.54) is 17.4 Å². The fourth-order valence-corrected chi connectivity index (χ4v) is 2.13. The molecule has 0 bridgehead atoms. The maximum Gasteiger partial charge on any atom is 0.159 e. The molecule has 0 radical (unpaired) electrons. The smallest absolute Gasteiger partial charge is 0.159 e. The van der Waals surface area contributed by atoms with Gasteiger partial charge in [0, 0.05) is 4.88 Å². The third-order valence-electron chi connectivity index (χ3n) is 1.93. The Bertz CT molecular complexity index is 460. The van der Waals surface area contributed by atoms with Crippen molar-refractivity contribution in [2.45, 2.75) is 6.92 Å². The van der Waals surface area contributed by atoms with Crippen LogP contribution >= 0.6 is 11.3 Å². The number of hydrogen-bond donors (Lipinski definition) is 0. The van der Waals surface area contributed by atoms with Crippen molar-refractivity contribution in [3.05, 3.63) is 46.8 Å². The van der Waals surface area contributed by atoms with Crippen molar-refractivity contribution in [2.75, 3.05) is 0 Å². The van der Waals surface area contributed by atoms with Crippen LogP contribution in [0.3, 0.4) is 0 Å². The van der Waals surface area contributed by atoms with Crippen LogP contribution in [0.1, 0.15) is 5.56 Å². The van der Waals surface area contributed by atoms with Gasteiger partial charge in [-0.3, -0.25) is 0 Å². The van der Waals surface area contributed by atoms with Crippen molar-refractivity contribution in [1.82, 2.24) is 0 Å². The fraction of sp³-hybridized carbons (Fsp3) is 0.0909. The molecule has 0 fully saturated rings. The Morgan fingerprint density at radius 3 is 2.43 bits per heavy atom. The Hall–Kier alpha value is -1.22. The molecule has 3 heteroatoms. The van der Waals surface area contributed by atoms with Gasteiger partial charge in [0.15, 0.2) is 11.6 Å². The van der Waals surface area contributed by atoms with Crippen molar-refractivity contribution >= 4 is 11.3 Å². The van der Waals surface area contributed by atoms with Crippen LogP contribution in [-0.2, 0) is 0 Å². The predicted molar refractivity (Wildman–Crippen MR) is 54.4 cm³/mol. The van der Waals surface area contributed by atoms with Gasteiger partial charge in [-0.15, -0.1) is 11.3 Å². The van der Waals surface area contributed by atoms with Gasteiger partial charge < -0.3 is 0 Å². The molecule has 0 spiro atoms. The molecule has 0 unspecified atom stereocenters. The van der Waals surface area contributed by atoms with Crippen LogP contribution in [-0.4, -0.2) is 0 Å². The molecule has 1 heterocycles. The molecule has 0 atom stereocenters. The van der Waals surface area contributed by atoms with E-state index < -0.39 is 11.6 Å². The second kappa shape index (κ2) is 3.50. The standard InChI is InChI=1S/C11H8F2S/c1-7-4-11(14-6-7)8-2-3-9(12)10(13)5-8/h2-6H,1H3. The monoisotopic (exact) mass is 210 g/mol. The predicted octanol–water partition coefficient (Wildman–Crippen LogP) is 4.00. The van der Waals surface area contributed by atoms with E-state index in [-0.39, 0.29) is 0 Å². The van der Waals surface area contributed by atoms with E-state index >= 15 is 0 Å². The molecular formula is C11H8F2S. The summed E-state index contributed by atoms with van der Waals surface area (Å²) in [6.07, 6.45) is 0. The zero-order valence-electron chi connectivity index (χ0n) is 7.55. The molecule has 0 saturated heterocycles. The van der Waals surface area contributed by atoms with Crippen LogP contribution in [0.25, 0.3) is 10.4 Å². The normalized spacial score (nSPS) is 10.5. The Morgan fingerprint density at radius 2 is 1.86 bits per heavy atom. The zero-order chi connectivity index (χ0) is 10.1. The van der Waals surface area contributed by atoms with Gasteiger partial charge in [-0.25, -0.2) is 8.78 Å². The molecule has 14 heavy (non-hydrogen) atoms. The molecule has 0 nitrogen and oxygen atoms in total. The van der Waals surface area contributed by atoms with E-state index in [0.717, 1.165) is 22.1 Å². The molecule has 2 aromatic rings. The lowest BCUT2D eigenvalue weighted by atomic mass is 10.1. The highest BCUT2D eigenvalue weighted by Crippen LogP contribution is 2.27. The first-order chi connectivity index (χ1) is 6.66. The molecule has 0 aliphatic heterocycles. The summed E-state index contributed by atoms with van der Waals surface area (Å²) in [6, 6.07) is 5.92. The number of rotatable bonds is 1. The summed E-state index contributed by atoms with van der Waals surface area (Å²) in [4.78, 5) is 0.960. The van der Waals surface area contributed by atoms with Crippen molar-refractivity contribution in [1.29, 1.82) is 0 Å². The number of thiophene rings is 1. The van der Waals surface area contributed by atoms with Gasteiger partial charge in [-0.05, 0) is 41.6 Å². The van der Waals surface area contributed by atoms with Crippen molar-refractivity contribution < 1.29 is 8.78 Å². The van der Waals surface area contributed by atoms with Gasteiger partial charge in [0.05, 0.1) is 0 Å². The number of halogens is 2. The summed E-state index contributed by atoms with van der Waals surface area (Å²) < 4.78 is 25.5. The van der Waals surface area contributed by atoms with Crippen molar-refractivity contribution in [3.63, 3.8) is 0 Å². The zero-order valence-corrected chi connectivity index (χ0v) is 8.37. The molecule has 2 rings (SSSR count). The fourth-order valence-electron chi connectivity index (χ4n) is 1.23. The van der Waals surface area contributed by atoms with Crippen LogP contribution in [0.2, 0.25) is 0 Å². The summed E-state index contributed by atoms with van der Waals surface area (Å²) in [6.45, 7) is 1.97. The largest absolute Gasteiger partial charge is 0.204 e. The van der Waals surface area contributed by atoms with E-state index in [9.17, 15) is 8.78 Å². The lowest BCUT2D eigenvalue weighted by Gasteiger charge is -1.97. The average Bonchev–Trinajstić information content (AvgIpc) is 2.57. The van der Waals surface area contributed by atoms with Gasteiger partial charge >= 0.3 is 0 Å². The van der Waals surface area contributed by atoms with Gasteiger partial charge in [0.1, 0.15) is 0 Å². The second-order valence-electron chi connectivity index (χ2n) is 3.12. The summed E-state index contributed by atoms with van der Waals surface area (Å²) >= 11 is 1.53. The van der Waals surface area contributed by atoms with Crippen LogP contribution < -0.4 is 0 Å². The molecule has 72 valence electrons. The van der Waals surface area contributed by atoms with E-state index in [0.29, 0.717) is 0 Å². The Labute approximate surface area is 84.8 Å². The van der Waals surface area contributed by atoms with E-state index in [1.54, 1.807) is 6.07 Å². The number of benzene rings is 1. The number of aryl methyl sites for hydroxylation is 1. The van der Waals surface area contributed by atoms with Crippen molar-refractivity contribution in [3.8, 4) is 10.4 Å². The molecule has 0 aliphatic rings. The molecule has 1 aromatic carbocycles. The first-order valence-electron chi connectivity index (χ1n) is 4.17. The first-order valence-corrected chi connectivity index (χ1v) is 5.05. The van der Waals surface area contributed by atoms with Crippen LogP contribution in [0.15, 0.2) is 29.6 Å². The third kappa shape index (κ3) is 1.68. The van der Waals surface area contributed by atoms with Crippen LogP contribution in [0.5, 0.6) is 0 Å².